The summed E-state index contributed by atoms with van der Waals surface area (Å²) in [7, 11) is 2.03. The first-order valence-electron chi connectivity index (χ1n) is 10.5. The van der Waals surface area contributed by atoms with Crippen LogP contribution >= 0.6 is 0 Å². The Morgan fingerprint density at radius 2 is 1.76 bits per heavy atom. The number of nitrogens with zero attached hydrogens (tertiary/aromatic N) is 1. The van der Waals surface area contributed by atoms with Gasteiger partial charge in [-0.2, -0.15) is 0 Å². The molecule has 1 rings (SSSR count). The molecule has 4 heteroatoms. The van der Waals surface area contributed by atoms with E-state index in [9.17, 15) is 4.79 Å². The standard InChI is InChI=1S/C21H40N2O2/c1-4-6-7-10-17-23(16-5-2)21(24)25-18-11-8-9-15-20(22-3)19-13-12-14-19/h22H,4-18H2,1-3H3. The van der Waals surface area contributed by atoms with Crippen LogP contribution in [0.3, 0.4) is 0 Å². The van der Waals surface area contributed by atoms with Crippen LogP contribution in [0.1, 0.15) is 90.9 Å². The summed E-state index contributed by atoms with van der Waals surface area (Å²) in [6, 6.07) is 0. The van der Waals surface area contributed by atoms with Gasteiger partial charge in [-0.25, -0.2) is 4.79 Å². The molecule has 0 aromatic heterocycles. The molecule has 1 aliphatic carbocycles. The molecular formula is C21H40N2O2. The summed E-state index contributed by atoms with van der Waals surface area (Å²) < 4.78 is 5.49. The highest BCUT2D eigenvalue weighted by atomic mass is 16.6. The van der Waals surface area contributed by atoms with Crippen molar-refractivity contribution in [2.24, 2.45) is 0 Å². The molecule has 0 saturated heterocycles. The fourth-order valence-corrected chi connectivity index (χ4v) is 3.26. The molecule has 1 aliphatic rings. The van der Waals surface area contributed by atoms with Crippen molar-refractivity contribution in [3.63, 3.8) is 0 Å². The van der Waals surface area contributed by atoms with Gasteiger partial charge in [0, 0.05) is 25.8 Å². The highest BCUT2D eigenvalue weighted by Crippen LogP contribution is 2.29. The SMILES string of the molecule is CCCCCCN(CCC)C(=O)OCCCCCC(NC)=C1CCC1. The van der Waals surface area contributed by atoms with Crippen LogP contribution in [0.25, 0.3) is 0 Å². The summed E-state index contributed by atoms with van der Waals surface area (Å²) in [5.74, 6) is 0. The molecule has 0 aromatic carbocycles. The van der Waals surface area contributed by atoms with Gasteiger partial charge in [0.1, 0.15) is 0 Å². The van der Waals surface area contributed by atoms with E-state index in [1.807, 2.05) is 11.9 Å². The molecule has 0 unspecified atom stereocenters. The van der Waals surface area contributed by atoms with E-state index in [4.69, 9.17) is 4.74 Å². The number of unbranched alkanes of at least 4 members (excludes halogenated alkanes) is 5. The predicted octanol–water partition coefficient (Wildman–Crippen LogP) is 5.63. The minimum Gasteiger partial charge on any atom is -0.449 e. The first-order valence-corrected chi connectivity index (χ1v) is 10.5. The van der Waals surface area contributed by atoms with Crippen molar-refractivity contribution in [3.8, 4) is 0 Å². The third-order valence-electron chi connectivity index (χ3n) is 5.02. The Hall–Kier alpha value is -1.19. The fraction of sp³-hybridized carbons (Fsp3) is 0.857. The van der Waals surface area contributed by atoms with Gasteiger partial charge in [-0.3, -0.25) is 0 Å². The Morgan fingerprint density at radius 1 is 1.00 bits per heavy atom. The van der Waals surface area contributed by atoms with Crippen LogP contribution in [-0.4, -0.2) is 37.7 Å². The Morgan fingerprint density at radius 3 is 2.36 bits per heavy atom. The maximum absolute atomic E-state index is 12.2. The molecule has 1 fully saturated rings. The van der Waals surface area contributed by atoms with Crippen molar-refractivity contribution in [1.82, 2.24) is 10.2 Å². The zero-order chi connectivity index (χ0) is 18.3. The van der Waals surface area contributed by atoms with Gasteiger partial charge in [-0.15, -0.1) is 0 Å². The quantitative estimate of drug-likeness (QED) is 0.412. The number of allylic oxidation sites excluding steroid dienone is 2. The molecule has 0 bridgehead atoms. The molecule has 0 spiro atoms. The lowest BCUT2D eigenvalue weighted by atomic mass is 9.89. The molecule has 4 nitrogen and oxygen atoms in total. The smallest absolute Gasteiger partial charge is 0.409 e. The van der Waals surface area contributed by atoms with E-state index >= 15 is 0 Å². The molecule has 0 aromatic rings. The molecule has 0 atom stereocenters. The number of amides is 1. The van der Waals surface area contributed by atoms with Gasteiger partial charge in [0.2, 0.25) is 0 Å². The number of hydrogen-bond acceptors (Lipinski definition) is 3. The molecule has 1 N–H and O–H groups in total. The summed E-state index contributed by atoms with van der Waals surface area (Å²) in [6.07, 6.45) is 13.9. The molecule has 146 valence electrons. The lowest BCUT2D eigenvalue weighted by Gasteiger charge is -2.22. The van der Waals surface area contributed by atoms with Crippen LogP contribution in [0, 0.1) is 0 Å². The maximum atomic E-state index is 12.2. The fourth-order valence-electron chi connectivity index (χ4n) is 3.26. The summed E-state index contributed by atoms with van der Waals surface area (Å²) >= 11 is 0. The van der Waals surface area contributed by atoms with Gasteiger partial charge in [0.05, 0.1) is 6.61 Å². The zero-order valence-corrected chi connectivity index (χ0v) is 16.9. The topological polar surface area (TPSA) is 41.6 Å². The minimum atomic E-state index is -0.120. The van der Waals surface area contributed by atoms with Gasteiger partial charge < -0.3 is 15.0 Å². The van der Waals surface area contributed by atoms with Gasteiger partial charge in [0.25, 0.3) is 0 Å². The second kappa shape index (κ2) is 14.0. The summed E-state index contributed by atoms with van der Waals surface area (Å²) in [4.78, 5) is 14.1. The summed E-state index contributed by atoms with van der Waals surface area (Å²) in [5.41, 5.74) is 3.07. The molecule has 0 aliphatic heterocycles. The largest absolute Gasteiger partial charge is 0.449 e. The number of ether oxygens (including phenoxy) is 1. The molecule has 25 heavy (non-hydrogen) atoms. The van der Waals surface area contributed by atoms with Crippen LogP contribution in [0.4, 0.5) is 4.79 Å². The van der Waals surface area contributed by atoms with Crippen molar-refractivity contribution >= 4 is 6.09 Å². The van der Waals surface area contributed by atoms with E-state index in [0.29, 0.717) is 6.61 Å². The van der Waals surface area contributed by atoms with Crippen LogP contribution in [-0.2, 0) is 4.74 Å². The second-order valence-electron chi connectivity index (χ2n) is 7.16. The Kier molecular flexibility index (Phi) is 12.3. The van der Waals surface area contributed by atoms with E-state index in [0.717, 1.165) is 45.2 Å². The Labute approximate surface area is 155 Å². The van der Waals surface area contributed by atoms with E-state index in [1.54, 1.807) is 5.57 Å². The number of rotatable bonds is 14. The molecule has 1 saturated carbocycles. The second-order valence-corrected chi connectivity index (χ2v) is 7.16. The normalized spacial score (nSPS) is 13.3. The van der Waals surface area contributed by atoms with Gasteiger partial charge in [0.15, 0.2) is 0 Å². The number of carbonyl (C=O) groups is 1. The number of carbonyl (C=O) groups excluding carboxylic acids is 1. The summed E-state index contributed by atoms with van der Waals surface area (Å²) in [5, 5.41) is 3.36. The first-order chi connectivity index (χ1) is 12.2. The maximum Gasteiger partial charge on any atom is 0.409 e. The van der Waals surface area contributed by atoms with E-state index in [-0.39, 0.29) is 6.09 Å². The number of nitrogens with one attached hydrogen (secondary N) is 1. The first kappa shape index (κ1) is 21.9. The third kappa shape index (κ3) is 9.18. The highest BCUT2D eigenvalue weighted by Gasteiger charge is 2.14. The van der Waals surface area contributed by atoms with Crippen LogP contribution in [0.5, 0.6) is 0 Å². The monoisotopic (exact) mass is 352 g/mol. The van der Waals surface area contributed by atoms with Crippen LogP contribution < -0.4 is 5.32 Å². The van der Waals surface area contributed by atoms with Crippen LogP contribution in [0.15, 0.2) is 11.3 Å². The van der Waals surface area contributed by atoms with Gasteiger partial charge in [-0.1, -0.05) is 38.7 Å². The van der Waals surface area contributed by atoms with Crippen molar-refractivity contribution in [2.45, 2.75) is 90.9 Å². The Bertz CT molecular complexity index is 387. The summed E-state index contributed by atoms with van der Waals surface area (Å²) in [6.45, 7) is 6.53. The zero-order valence-electron chi connectivity index (χ0n) is 16.9. The third-order valence-corrected chi connectivity index (χ3v) is 5.02. The van der Waals surface area contributed by atoms with E-state index in [2.05, 4.69) is 19.2 Å². The van der Waals surface area contributed by atoms with E-state index in [1.165, 1.54) is 50.6 Å². The van der Waals surface area contributed by atoms with Crippen molar-refractivity contribution in [2.75, 3.05) is 26.7 Å². The van der Waals surface area contributed by atoms with Crippen molar-refractivity contribution in [1.29, 1.82) is 0 Å². The van der Waals surface area contributed by atoms with Gasteiger partial charge in [-0.05, 0) is 57.8 Å². The molecular weight excluding hydrogens is 312 g/mol. The Balaban J connectivity index is 2.12. The minimum absolute atomic E-state index is 0.120. The predicted molar refractivity (Wildman–Crippen MR) is 106 cm³/mol. The average molecular weight is 353 g/mol. The number of hydrogen-bond donors (Lipinski definition) is 1. The van der Waals surface area contributed by atoms with Crippen molar-refractivity contribution < 1.29 is 9.53 Å². The van der Waals surface area contributed by atoms with Gasteiger partial charge >= 0.3 is 6.09 Å². The molecule has 1 amide bonds. The molecule has 0 heterocycles. The lowest BCUT2D eigenvalue weighted by molar-refractivity contribution is 0.0997. The molecule has 0 radical (unpaired) electrons. The average Bonchev–Trinajstić information content (AvgIpc) is 2.57. The van der Waals surface area contributed by atoms with Crippen molar-refractivity contribution in [3.05, 3.63) is 11.3 Å². The lowest BCUT2D eigenvalue weighted by Crippen LogP contribution is -2.33. The van der Waals surface area contributed by atoms with E-state index < -0.39 is 0 Å². The van der Waals surface area contributed by atoms with Crippen LogP contribution in [0.2, 0.25) is 0 Å². The highest BCUT2D eigenvalue weighted by molar-refractivity contribution is 5.67.